The molecule has 1 aliphatic heterocycles. The van der Waals surface area contributed by atoms with E-state index < -0.39 is 0 Å². The lowest BCUT2D eigenvalue weighted by Gasteiger charge is -2.19. The van der Waals surface area contributed by atoms with Gasteiger partial charge in [-0.3, -0.25) is 15.0 Å². The quantitative estimate of drug-likeness (QED) is 0.566. The molecule has 0 saturated carbocycles. The van der Waals surface area contributed by atoms with Gasteiger partial charge in [-0.05, 0) is 54.3 Å². The second-order valence-electron chi connectivity index (χ2n) is 8.57. The van der Waals surface area contributed by atoms with Crippen molar-refractivity contribution in [3.05, 3.63) is 98.9 Å². The van der Waals surface area contributed by atoms with Gasteiger partial charge >= 0.3 is 0 Å². The fraction of sp³-hybridized carbons (Fsp3) is 0.231. The average Bonchev–Trinajstić information content (AvgIpc) is 3.11. The molecule has 0 aliphatic carbocycles. The van der Waals surface area contributed by atoms with Gasteiger partial charge in [0.25, 0.3) is 11.8 Å². The zero-order chi connectivity index (χ0) is 24.4. The van der Waals surface area contributed by atoms with Crippen LogP contribution in [0.5, 0.6) is 0 Å². The molecule has 174 valence electrons. The summed E-state index contributed by atoms with van der Waals surface area (Å²) < 4.78 is 3.52. The number of amides is 2. The molecule has 2 amide bonds. The third-order valence-corrected chi connectivity index (χ3v) is 6.36. The first-order valence-corrected chi connectivity index (χ1v) is 11.3. The van der Waals surface area contributed by atoms with E-state index in [2.05, 4.69) is 10.3 Å². The monoisotopic (exact) mass is 475 g/mol. The second-order valence-corrected chi connectivity index (χ2v) is 8.98. The van der Waals surface area contributed by atoms with Crippen molar-refractivity contribution in [2.24, 2.45) is 12.0 Å². The van der Waals surface area contributed by atoms with E-state index >= 15 is 0 Å². The van der Waals surface area contributed by atoms with Gasteiger partial charge in [0.15, 0.2) is 0 Å². The van der Waals surface area contributed by atoms with Crippen molar-refractivity contribution in [1.29, 1.82) is 5.41 Å². The standard InChI is InChI=1S/C26H26ClN5O2/c1-16-9-24(33)29-14-22(16)20-10-19(15-32-7-6-31(3)26(32)28)11-21(12-20)25(34)30-13-18-4-5-23(27)17(2)8-18/h4-12,14,22,28H,13,15H2,1-3H3,(H,30,34). The van der Waals surface area contributed by atoms with Gasteiger partial charge in [0.05, 0.1) is 6.54 Å². The molecule has 1 unspecified atom stereocenters. The van der Waals surface area contributed by atoms with Crippen LogP contribution in [0, 0.1) is 12.3 Å². The summed E-state index contributed by atoms with van der Waals surface area (Å²) in [7, 11) is 1.82. The Morgan fingerprint density at radius 2 is 1.94 bits per heavy atom. The van der Waals surface area contributed by atoms with Crippen molar-refractivity contribution in [2.75, 3.05) is 0 Å². The van der Waals surface area contributed by atoms with E-state index in [0.717, 1.165) is 27.8 Å². The summed E-state index contributed by atoms with van der Waals surface area (Å²) in [6, 6.07) is 11.4. The summed E-state index contributed by atoms with van der Waals surface area (Å²) in [4.78, 5) is 28.7. The Hall–Kier alpha value is -3.71. The molecule has 2 aromatic carbocycles. The number of aliphatic imine (C=N–C) groups is 1. The number of benzene rings is 2. The average molecular weight is 476 g/mol. The number of dihydropyridines is 1. The van der Waals surface area contributed by atoms with Crippen molar-refractivity contribution in [3.63, 3.8) is 0 Å². The minimum absolute atomic E-state index is 0.195. The third kappa shape index (κ3) is 5.10. The molecule has 2 heterocycles. The van der Waals surface area contributed by atoms with Gasteiger partial charge in [-0.1, -0.05) is 35.4 Å². The lowest BCUT2D eigenvalue weighted by atomic mass is 9.89. The number of rotatable bonds is 6. The van der Waals surface area contributed by atoms with Gasteiger partial charge in [-0.25, -0.2) is 4.99 Å². The van der Waals surface area contributed by atoms with E-state index in [1.807, 2.05) is 69.7 Å². The van der Waals surface area contributed by atoms with Crippen LogP contribution in [-0.2, 0) is 24.9 Å². The number of aryl methyl sites for hydroxylation is 2. The summed E-state index contributed by atoms with van der Waals surface area (Å²) in [5.74, 6) is -0.676. The number of nitrogens with one attached hydrogen (secondary N) is 2. The maximum Gasteiger partial charge on any atom is 0.269 e. The van der Waals surface area contributed by atoms with Crippen LogP contribution in [0.25, 0.3) is 0 Å². The number of aromatic nitrogens is 2. The Bertz CT molecular complexity index is 1400. The Kier molecular flexibility index (Phi) is 6.65. The normalized spacial score (nSPS) is 15.4. The van der Waals surface area contributed by atoms with Gasteiger partial charge in [0.1, 0.15) is 0 Å². The number of nitrogens with zero attached hydrogens (tertiary/aromatic N) is 3. The van der Waals surface area contributed by atoms with E-state index in [0.29, 0.717) is 29.3 Å². The SMILES string of the molecule is CC1=CC(=O)N=CC1c1cc(Cn2ccn(C)c2=N)cc(C(=O)NCc2ccc(Cl)c(C)c2)c1. The predicted molar refractivity (Wildman–Crippen MR) is 132 cm³/mol. The number of hydrogen-bond acceptors (Lipinski definition) is 3. The summed E-state index contributed by atoms with van der Waals surface area (Å²) in [5, 5.41) is 11.9. The lowest BCUT2D eigenvalue weighted by molar-refractivity contribution is -0.113. The van der Waals surface area contributed by atoms with E-state index in [1.165, 1.54) is 6.08 Å². The highest BCUT2D eigenvalue weighted by Crippen LogP contribution is 2.27. The first-order chi connectivity index (χ1) is 16.2. The first kappa shape index (κ1) is 23.4. The van der Waals surface area contributed by atoms with Crippen LogP contribution in [0.15, 0.2) is 65.4 Å². The van der Waals surface area contributed by atoms with Crippen molar-refractivity contribution in [3.8, 4) is 0 Å². The summed E-state index contributed by atoms with van der Waals surface area (Å²) in [6.07, 6.45) is 6.80. The zero-order valence-electron chi connectivity index (χ0n) is 19.3. The van der Waals surface area contributed by atoms with Crippen molar-refractivity contribution in [1.82, 2.24) is 14.5 Å². The Labute approximate surface area is 202 Å². The fourth-order valence-electron chi connectivity index (χ4n) is 4.01. The van der Waals surface area contributed by atoms with Crippen LogP contribution < -0.4 is 10.9 Å². The van der Waals surface area contributed by atoms with Crippen LogP contribution in [0.3, 0.4) is 0 Å². The molecule has 0 radical (unpaired) electrons. The molecule has 0 bridgehead atoms. The minimum Gasteiger partial charge on any atom is -0.348 e. The largest absolute Gasteiger partial charge is 0.348 e. The fourth-order valence-corrected chi connectivity index (χ4v) is 4.12. The molecule has 0 spiro atoms. The van der Waals surface area contributed by atoms with Gasteiger partial charge in [0, 0.05) is 54.8 Å². The highest BCUT2D eigenvalue weighted by atomic mass is 35.5. The van der Waals surface area contributed by atoms with Crippen LogP contribution in [-0.4, -0.2) is 27.2 Å². The topological polar surface area (TPSA) is 92.2 Å². The molecule has 0 saturated heterocycles. The van der Waals surface area contributed by atoms with Gasteiger partial charge in [-0.2, -0.15) is 0 Å². The van der Waals surface area contributed by atoms with Gasteiger partial charge in [-0.15, -0.1) is 0 Å². The van der Waals surface area contributed by atoms with E-state index in [1.54, 1.807) is 15.3 Å². The Morgan fingerprint density at radius 1 is 1.15 bits per heavy atom. The molecular formula is C26H26ClN5O2. The summed E-state index contributed by atoms with van der Waals surface area (Å²) in [5.41, 5.74) is 5.41. The predicted octanol–water partition coefficient (Wildman–Crippen LogP) is 3.89. The maximum atomic E-state index is 13.1. The lowest BCUT2D eigenvalue weighted by Crippen LogP contribution is -2.25. The van der Waals surface area contributed by atoms with Crippen LogP contribution in [0.2, 0.25) is 5.02 Å². The van der Waals surface area contributed by atoms with Gasteiger partial charge < -0.3 is 14.5 Å². The first-order valence-electron chi connectivity index (χ1n) is 10.9. The molecule has 34 heavy (non-hydrogen) atoms. The second kappa shape index (κ2) is 9.65. The van der Waals surface area contributed by atoms with Crippen LogP contribution in [0.1, 0.15) is 45.5 Å². The van der Waals surface area contributed by atoms with Crippen LogP contribution in [0.4, 0.5) is 0 Å². The van der Waals surface area contributed by atoms with Crippen molar-refractivity contribution >= 4 is 29.6 Å². The molecule has 1 atom stereocenters. The molecule has 3 aromatic rings. The minimum atomic E-state index is -0.278. The van der Waals surface area contributed by atoms with Crippen LogP contribution >= 0.6 is 11.6 Å². The third-order valence-electron chi connectivity index (χ3n) is 5.93. The molecular weight excluding hydrogens is 450 g/mol. The van der Waals surface area contributed by atoms with E-state index in [4.69, 9.17) is 17.0 Å². The van der Waals surface area contributed by atoms with E-state index in [9.17, 15) is 9.59 Å². The maximum absolute atomic E-state index is 13.1. The zero-order valence-corrected chi connectivity index (χ0v) is 20.1. The Balaban J connectivity index is 1.65. The number of halogens is 1. The molecule has 7 nitrogen and oxygen atoms in total. The van der Waals surface area contributed by atoms with E-state index in [-0.39, 0.29) is 17.7 Å². The number of carbonyl (C=O) groups excluding carboxylic acids is 2. The van der Waals surface area contributed by atoms with Crippen molar-refractivity contribution < 1.29 is 9.59 Å². The molecule has 8 heteroatoms. The molecule has 2 N–H and O–H groups in total. The number of carbonyl (C=O) groups is 2. The Morgan fingerprint density at radius 3 is 2.62 bits per heavy atom. The van der Waals surface area contributed by atoms with Crippen molar-refractivity contribution in [2.45, 2.75) is 32.9 Å². The smallest absolute Gasteiger partial charge is 0.269 e. The molecule has 0 fully saturated rings. The summed E-state index contributed by atoms with van der Waals surface area (Å²) in [6.45, 7) is 4.63. The highest BCUT2D eigenvalue weighted by molar-refractivity contribution is 6.31. The van der Waals surface area contributed by atoms with Gasteiger partial charge in [0.2, 0.25) is 5.62 Å². The molecule has 1 aliphatic rings. The number of allylic oxidation sites excluding steroid dienone is 1. The highest BCUT2D eigenvalue weighted by Gasteiger charge is 2.19. The molecule has 4 rings (SSSR count). The summed E-state index contributed by atoms with van der Waals surface area (Å²) >= 11 is 6.11. The number of hydrogen-bond donors (Lipinski definition) is 2. The number of imidazole rings is 1. The molecule has 1 aromatic heterocycles.